The highest BCUT2D eigenvalue weighted by atomic mass is 15.0. The van der Waals surface area contributed by atoms with Crippen LogP contribution in [0.4, 0.5) is 0 Å². The molecule has 3 heterocycles. The summed E-state index contributed by atoms with van der Waals surface area (Å²) in [6.07, 6.45) is 0. The van der Waals surface area contributed by atoms with Gasteiger partial charge in [-0.1, -0.05) is 152 Å². The average molecular weight is 719 g/mol. The van der Waals surface area contributed by atoms with E-state index in [1.165, 1.54) is 16.3 Å². The van der Waals surface area contributed by atoms with Crippen LogP contribution in [0.1, 0.15) is 5.56 Å². The second kappa shape index (κ2) is 14.0. The first-order valence-corrected chi connectivity index (χ1v) is 18.7. The maximum Gasteiger partial charge on any atom is 0.164 e. The number of nitrogens with zero attached hydrogens (tertiary/aromatic N) is 6. The number of aromatic nitrogens is 6. The Kier molecular flexibility index (Phi) is 8.26. The maximum atomic E-state index is 5.34. The molecule has 0 unspecified atom stereocenters. The summed E-state index contributed by atoms with van der Waals surface area (Å²) in [5.74, 6) is 2.37. The molecule has 0 spiro atoms. The van der Waals surface area contributed by atoms with Gasteiger partial charge in [-0.15, -0.1) is 0 Å². The fraction of sp³-hybridized carbons (Fsp3) is 0.0200. The number of benzene rings is 7. The van der Waals surface area contributed by atoms with Crippen molar-refractivity contribution < 1.29 is 0 Å². The van der Waals surface area contributed by atoms with Gasteiger partial charge in [-0.2, -0.15) is 0 Å². The van der Waals surface area contributed by atoms with Gasteiger partial charge in [-0.25, -0.2) is 24.9 Å². The van der Waals surface area contributed by atoms with Gasteiger partial charge >= 0.3 is 0 Å². The summed E-state index contributed by atoms with van der Waals surface area (Å²) in [5.41, 5.74) is 11.5. The van der Waals surface area contributed by atoms with E-state index in [1.807, 2.05) is 97.1 Å². The third-order valence-corrected chi connectivity index (χ3v) is 10.1. The minimum Gasteiger partial charge on any atom is -0.308 e. The summed E-state index contributed by atoms with van der Waals surface area (Å²) >= 11 is 0. The van der Waals surface area contributed by atoms with E-state index in [4.69, 9.17) is 24.9 Å². The number of fused-ring (bicyclic) bond motifs is 3. The van der Waals surface area contributed by atoms with Crippen molar-refractivity contribution in [2.45, 2.75) is 6.92 Å². The lowest BCUT2D eigenvalue weighted by Crippen LogP contribution is -2.04. The molecule has 0 N–H and O–H groups in total. The lowest BCUT2D eigenvalue weighted by Gasteiger charge is -2.17. The summed E-state index contributed by atoms with van der Waals surface area (Å²) in [6.45, 7) is 2.14. The highest BCUT2D eigenvalue weighted by molar-refractivity contribution is 6.10. The van der Waals surface area contributed by atoms with Crippen molar-refractivity contribution in [2.24, 2.45) is 0 Å². The van der Waals surface area contributed by atoms with Gasteiger partial charge in [-0.05, 0) is 48.9 Å². The smallest absolute Gasteiger partial charge is 0.164 e. The van der Waals surface area contributed by atoms with Crippen LogP contribution >= 0.6 is 0 Å². The van der Waals surface area contributed by atoms with Crippen LogP contribution in [0.3, 0.4) is 0 Å². The Hall–Kier alpha value is -7.57. The zero-order chi connectivity index (χ0) is 37.4. The van der Waals surface area contributed by atoms with Gasteiger partial charge in [0.15, 0.2) is 23.3 Å². The quantitative estimate of drug-likeness (QED) is 0.164. The molecule has 10 aromatic rings. The third-order valence-electron chi connectivity index (χ3n) is 10.1. The molecule has 264 valence electrons. The molecule has 0 radical (unpaired) electrons. The van der Waals surface area contributed by atoms with Crippen LogP contribution in [0.5, 0.6) is 0 Å². The Morgan fingerprint density at radius 2 is 0.821 bits per heavy atom. The van der Waals surface area contributed by atoms with E-state index >= 15 is 0 Å². The molecule has 0 fully saturated rings. The molecule has 0 amide bonds. The van der Waals surface area contributed by atoms with Crippen molar-refractivity contribution >= 4 is 21.8 Å². The molecular weight excluding hydrogens is 685 g/mol. The molecule has 10 rings (SSSR count). The van der Waals surface area contributed by atoms with Gasteiger partial charge in [0.25, 0.3) is 0 Å². The molecule has 7 aromatic carbocycles. The minimum atomic E-state index is 0.561. The second-order valence-corrected chi connectivity index (χ2v) is 13.8. The third kappa shape index (κ3) is 6.09. The second-order valence-electron chi connectivity index (χ2n) is 13.8. The number of aryl methyl sites for hydroxylation is 1. The summed E-state index contributed by atoms with van der Waals surface area (Å²) in [5, 5.41) is 2.36. The van der Waals surface area contributed by atoms with Gasteiger partial charge in [0.1, 0.15) is 0 Å². The van der Waals surface area contributed by atoms with Crippen molar-refractivity contribution in [3.05, 3.63) is 194 Å². The van der Waals surface area contributed by atoms with Crippen LogP contribution in [0.25, 0.3) is 95.6 Å². The molecule has 0 bridgehead atoms. The average Bonchev–Trinajstić information content (AvgIpc) is 3.60. The van der Waals surface area contributed by atoms with E-state index < -0.39 is 0 Å². The van der Waals surface area contributed by atoms with Crippen molar-refractivity contribution in [2.75, 3.05) is 0 Å². The Balaban J connectivity index is 1.28. The Bertz CT molecular complexity index is 2900. The van der Waals surface area contributed by atoms with Gasteiger partial charge in [0.2, 0.25) is 0 Å². The summed E-state index contributed by atoms with van der Waals surface area (Å²) in [4.78, 5) is 25.8. The highest BCUT2D eigenvalue weighted by Gasteiger charge is 2.21. The van der Waals surface area contributed by atoms with Crippen LogP contribution in [0.15, 0.2) is 188 Å². The molecule has 0 saturated heterocycles. The zero-order valence-electron chi connectivity index (χ0n) is 30.6. The predicted molar refractivity (Wildman–Crippen MR) is 227 cm³/mol. The Morgan fingerprint density at radius 1 is 0.339 bits per heavy atom. The first-order chi connectivity index (χ1) is 27.7. The van der Waals surface area contributed by atoms with E-state index in [0.717, 1.165) is 61.5 Å². The monoisotopic (exact) mass is 718 g/mol. The van der Waals surface area contributed by atoms with Crippen molar-refractivity contribution in [3.63, 3.8) is 0 Å². The summed E-state index contributed by atoms with van der Waals surface area (Å²) in [6, 6.07) is 64.4. The van der Waals surface area contributed by atoms with E-state index in [0.29, 0.717) is 23.3 Å². The van der Waals surface area contributed by atoms with Crippen LogP contribution < -0.4 is 0 Å². The van der Waals surface area contributed by atoms with Gasteiger partial charge in [-0.3, -0.25) is 0 Å². The Labute approximate surface area is 324 Å². The molecule has 3 aromatic heterocycles. The van der Waals surface area contributed by atoms with Gasteiger partial charge in [0.05, 0.1) is 28.1 Å². The normalized spacial score (nSPS) is 11.3. The number of hydrogen-bond acceptors (Lipinski definition) is 5. The predicted octanol–water partition coefficient (Wildman–Crippen LogP) is 12.1. The van der Waals surface area contributed by atoms with E-state index in [9.17, 15) is 0 Å². The van der Waals surface area contributed by atoms with E-state index in [2.05, 4.69) is 102 Å². The van der Waals surface area contributed by atoms with E-state index in [1.54, 1.807) is 0 Å². The van der Waals surface area contributed by atoms with E-state index in [-0.39, 0.29) is 0 Å². The molecule has 56 heavy (non-hydrogen) atoms. The SMILES string of the molecule is Cc1ccc2c3ccccc3n(-c3ccc(-c4nc(-c5ccccc5)nc(-c5ccccc5)n4)cc3-c3nc(-c4ccccc4)cc(-c4ccccc4)n3)c2c1. The standard InChI is InChI=1S/C50H34N6/c1-33-26-28-40-39-24-14-15-25-44(39)56(46(40)30-33)45-29-27-38(49-54-47(36-20-10-4-11-21-36)53-48(55-49)37-22-12-5-13-23-37)31-41(45)50-51-42(34-16-6-2-7-17-34)32-43(52-50)35-18-8-3-9-19-35/h2-32H,1H3. The fourth-order valence-electron chi connectivity index (χ4n) is 7.41. The largest absolute Gasteiger partial charge is 0.308 e. The van der Waals surface area contributed by atoms with Crippen molar-refractivity contribution in [3.8, 4) is 73.8 Å². The van der Waals surface area contributed by atoms with Crippen molar-refractivity contribution in [1.82, 2.24) is 29.5 Å². The maximum absolute atomic E-state index is 5.34. The van der Waals surface area contributed by atoms with Crippen LogP contribution in [0.2, 0.25) is 0 Å². The molecular formula is C50H34N6. The number of para-hydroxylation sites is 1. The zero-order valence-corrected chi connectivity index (χ0v) is 30.6. The molecule has 0 atom stereocenters. The molecule has 0 aliphatic carbocycles. The van der Waals surface area contributed by atoms with Gasteiger partial charge in [0, 0.05) is 44.2 Å². The molecule has 6 nitrogen and oxygen atoms in total. The first kappa shape index (κ1) is 33.0. The van der Waals surface area contributed by atoms with Crippen LogP contribution in [-0.4, -0.2) is 29.5 Å². The first-order valence-electron chi connectivity index (χ1n) is 18.7. The molecule has 6 heteroatoms. The number of hydrogen-bond donors (Lipinski definition) is 0. The highest BCUT2D eigenvalue weighted by Crippen LogP contribution is 2.39. The molecule has 0 saturated carbocycles. The minimum absolute atomic E-state index is 0.561. The van der Waals surface area contributed by atoms with Crippen LogP contribution in [-0.2, 0) is 0 Å². The fourth-order valence-corrected chi connectivity index (χ4v) is 7.41. The summed E-state index contributed by atoms with van der Waals surface area (Å²) < 4.78 is 2.34. The number of rotatable bonds is 7. The lowest BCUT2D eigenvalue weighted by molar-refractivity contribution is 1.07. The molecule has 0 aliphatic rings. The van der Waals surface area contributed by atoms with Gasteiger partial charge < -0.3 is 4.57 Å². The van der Waals surface area contributed by atoms with Crippen molar-refractivity contribution in [1.29, 1.82) is 0 Å². The summed E-state index contributed by atoms with van der Waals surface area (Å²) in [7, 11) is 0. The van der Waals surface area contributed by atoms with Crippen LogP contribution in [0, 0.1) is 6.92 Å². The Morgan fingerprint density at radius 3 is 1.39 bits per heavy atom. The topological polar surface area (TPSA) is 69.4 Å². The molecule has 0 aliphatic heterocycles. The lowest BCUT2D eigenvalue weighted by atomic mass is 10.0.